The quantitative estimate of drug-likeness (QED) is 0.437. The van der Waals surface area contributed by atoms with E-state index in [0.29, 0.717) is 5.75 Å². The second kappa shape index (κ2) is 7.87. The Morgan fingerprint density at radius 1 is 0.769 bits per heavy atom. The highest BCUT2D eigenvalue weighted by molar-refractivity contribution is 5.63. The average molecular weight is 346 g/mol. The van der Waals surface area contributed by atoms with E-state index in [2.05, 4.69) is 26.0 Å². The van der Waals surface area contributed by atoms with Gasteiger partial charge in [0.2, 0.25) is 0 Å². The molecule has 0 fully saturated rings. The zero-order chi connectivity index (χ0) is 18.4. The Bertz CT molecular complexity index is 838. The van der Waals surface area contributed by atoms with Gasteiger partial charge < -0.3 is 9.47 Å². The molecule has 0 aliphatic rings. The van der Waals surface area contributed by atoms with Crippen molar-refractivity contribution in [2.75, 3.05) is 0 Å². The standard InChI is InChI=1S/C23H22O3/c1-23(2,19-11-7-4-8-12-19)20-13-15-21(16-14-20)26-22(24)25-17-18-9-5-3-6-10-18/h3-16H,17H2,1-2H3. The molecule has 0 N–H and O–H groups in total. The first kappa shape index (κ1) is 17.7. The van der Waals surface area contributed by atoms with Crippen molar-refractivity contribution >= 4 is 6.16 Å². The summed E-state index contributed by atoms with van der Waals surface area (Å²) in [5, 5.41) is 0. The molecule has 0 radical (unpaired) electrons. The summed E-state index contributed by atoms with van der Waals surface area (Å²) < 4.78 is 10.4. The second-order valence-electron chi connectivity index (χ2n) is 6.64. The summed E-state index contributed by atoms with van der Waals surface area (Å²) in [6.45, 7) is 4.54. The van der Waals surface area contributed by atoms with E-state index in [0.717, 1.165) is 11.1 Å². The van der Waals surface area contributed by atoms with Crippen molar-refractivity contribution in [3.63, 3.8) is 0 Å². The molecule has 0 heterocycles. The van der Waals surface area contributed by atoms with Crippen molar-refractivity contribution in [1.29, 1.82) is 0 Å². The van der Waals surface area contributed by atoms with E-state index in [-0.39, 0.29) is 12.0 Å². The van der Waals surface area contributed by atoms with E-state index in [9.17, 15) is 4.79 Å². The summed E-state index contributed by atoms with van der Waals surface area (Å²) in [5.74, 6) is 0.468. The van der Waals surface area contributed by atoms with Crippen molar-refractivity contribution in [2.24, 2.45) is 0 Å². The van der Waals surface area contributed by atoms with Crippen LogP contribution in [0.25, 0.3) is 0 Å². The topological polar surface area (TPSA) is 35.5 Å². The summed E-state index contributed by atoms with van der Waals surface area (Å²) >= 11 is 0. The predicted molar refractivity (Wildman–Crippen MR) is 102 cm³/mol. The summed E-state index contributed by atoms with van der Waals surface area (Å²) in [4.78, 5) is 11.8. The molecule has 0 spiro atoms. The third-order valence-corrected chi connectivity index (χ3v) is 4.47. The van der Waals surface area contributed by atoms with Crippen LogP contribution in [0.5, 0.6) is 5.75 Å². The SMILES string of the molecule is CC(C)(c1ccccc1)c1ccc(OC(=O)OCc2ccccc2)cc1. The Balaban J connectivity index is 1.61. The van der Waals surface area contributed by atoms with E-state index < -0.39 is 6.16 Å². The van der Waals surface area contributed by atoms with Gasteiger partial charge in [0.15, 0.2) is 0 Å². The molecule has 0 bridgehead atoms. The third-order valence-electron chi connectivity index (χ3n) is 4.47. The van der Waals surface area contributed by atoms with Crippen molar-refractivity contribution in [3.05, 3.63) is 102 Å². The van der Waals surface area contributed by atoms with E-state index >= 15 is 0 Å². The van der Waals surface area contributed by atoms with Gasteiger partial charge in [-0.3, -0.25) is 0 Å². The van der Waals surface area contributed by atoms with Crippen LogP contribution in [0.2, 0.25) is 0 Å². The van der Waals surface area contributed by atoms with Gasteiger partial charge in [0, 0.05) is 5.41 Å². The molecular weight excluding hydrogens is 324 g/mol. The van der Waals surface area contributed by atoms with Gasteiger partial charge >= 0.3 is 6.16 Å². The average Bonchev–Trinajstić information content (AvgIpc) is 2.68. The van der Waals surface area contributed by atoms with Crippen LogP contribution in [-0.4, -0.2) is 6.16 Å². The maximum absolute atomic E-state index is 11.8. The molecule has 0 saturated carbocycles. The lowest BCUT2D eigenvalue weighted by atomic mass is 9.78. The third kappa shape index (κ3) is 4.31. The van der Waals surface area contributed by atoms with Gasteiger partial charge in [-0.15, -0.1) is 0 Å². The van der Waals surface area contributed by atoms with Gasteiger partial charge in [0.25, 0.3) is 0 Å². The molecule has 0 saturated heterocycles. The Labute approximate surface area is 154 Å². The zero-order valence-corrected chi connectivity index (χ0v) is 15.0. The van der Waals surface area contributed by atoms with Gasteiger partial charge in [0.1, 0.15) is 12.4 Å². The molecule has 132 valence electrons. The molecular formula is C23H22O3. The molecule has 3 nitrogen and oxygen atoms in total. The highest BCUT2D eigenvalue weighted by atomic mass is 16.7. The van der Waals surface area contributed by atoms with Crippen LogP contribution in [0.3, 0.4) is 0 Å². The van der Waals surface area contributed by atoms with Crippen LogP contribution >= 0.6 is 0 Å². The van der Waals surface area contributed by atoms with E-state index in [1.165, 1.54) is 5.56 Å². The molecule has 0 amide bonds. The largest absolute Gasteiger partial charge is 0.514 e. The second-order valence-corrected chi connectivity index (χ2v) is 6.64. The van der Waals surface area contributed by atoms with Crippen LogP contribution in [-0.2, 0) is 16.8 Å². The smallest absolute Gasteiger partial charge is 0.429 e. The molecule has 3 heteroatoms. The van der Waals surface area contributed by atoms with Crippen LogP contribution in [0, 0.1) is 0 Å². The van der Waals surface area contributed by atoms with Crippen LogP contribution in [0.1, 0.15) is 30.5 Å². The first-order valence-electron chi connectivity index (χ1n) is 8.60. The number of ether oxygens (including phenoxy) is 2. The maximum atomic E-state index is 11.8. The lowest BCUT2D eigenvalue weighted by molar-refractivity contribution is 0.0927. The first-order chi connectivity index (χ1) is 12.6. The van der Waals surface area contributed by atoms with Gasteiger partial charge in [-0.2, -0.15) is 0 Å². The molecule has 3 rings (SSSR count). The summed E-state index contributed by atoms with van der Waals surface area (Å²) in [7, 11) is 0. The fourth-order valence-corrected chi connectivity index (χ4v) is 2.80. The number of rotatable bonds is 5. The number of carbonyl (C=O) groups is 1. The van der Waals surface area contributed by atoms with Crippen molar-refractivity contribution in [2.45, 2.75) is 25.9 Å². The van der Waals surface area contributed by atoms with Crippen LogP contribution in [0.15, 0.2) is 84.9 Å². The van der Waals surface area contributed by atoms with E-state index in [1.54, 1.807) is 12.1 Å². The highest BCUT2D eigenvalue weighted by Crippen LogP contribution is 2.32. The Morgan fingerprint density at radius 2 is 1.31 bits per heavy atom. The first-order valence-corrected chi connectivity index (χ1v) is 8.60. The predicted octanol–water partition coefficient (Wildman–Crippen LogP) is 5.73. The molecule has 0 aliphatic heterocycles. The molecule has 3 aromatic carbocycles. The van der Waals surface area contributed by atoms with Gasteiger partial charge in [-0.05, 0) is 28.8 Å². The van der Waals surface area contributed by atoms with Crippen LogP contribution in [0.4, 0.5) is 4.79 Å². The minimum Gasteiger partial charge on any atom is -0.429 e. The lowest BCUT2D eigenvalue weighted by Gasteiger charge is -2.26. The Kier molecular flexibility index (Phi) is 5.37. The fraction of sp³-hybridized carbons (Fsp3) is 0.174. The number of hydrogen-bond donors (Lipinski definition) is 0. The lowest BCUT2D eigenvalue weighted by Crippen LogP contribution is -2.18. The fourth-order valence-electron chi connectivity index (χ4n) is 2.80. The Hall–Kier alpha value is -3.07. The van der Waals surface area contributed by atoms with Crippen molar-refractivity contribution in [3.8, 4) is 5.75 Å². The number of hydrogen-bond acceptors (Lipinski definition) is 3. The minimum absolute atomic E-state index is 0.131. The Morgan fingerprint density at radius 3 is 1.92 bits per heavy atom. The molecule has 0 unspecified atom stereocenters. The van der Waals surface area contributed by atoms with Crippen molar-refractivity contribution in [1.82, 2.24) is 0 Å². The van der Waals surface area contributed by atoms with E-state index in [1.807, 2.05) is 60.7 Å². The van der Waals surface area contributed by atoms with Crippen LogP contribution < -0.4 is 4.74 Å². The summed E-state index contributed by atoms with van der Waals surface area (Å²) in [6.07, 6.45) is -0.705. The monoisotopic (exact) mass is 346 g/mol. The zero-order valence-electron chi connectivity index (χ0n) is 15.0. The summed E-state index contributed by atoms with van der Waals surface area (Å²) in [5.41, 5.74) is 3.17. The molecule has 0 aromatic heterocycles. The van der Waals surface area contributed by atoms with Crippen molar-refractivity contribution < 1.29 is 14.3 Å². The maximum Gasteiger partial charge on any atom is 0.514 e. The molecule has 26 heavy (non-hydrogen) atoms. The minimum atomic E-state index is -0.705. The summed E-state index contributed by atoms with van der Waals surface area (Å²) in [6, 6.07) is 27.4. The van der Waals surface area contributed by atoms with Gasteiger partial charge in [-0.1, -0.05) is 86.6 Å². The van der Waals surface area contributed by atoms with E-state index in [4.69, 9.17) is 9.47 Å². The highest BCUT2D eigenvalue weighted by Gasteiger charge is 2.22. The number of carbonyl (C=O) groups excluding carboxylic acids is 1. The number of benzene rings is 3. The van der Waals surface area contributed by atoms with Gasteiger partial charge in [-0.25, -0.2) is 4.79 Å². The molecule has 0 atom stereocenters. The normalized spacial score (nSPS) is 11.0. The van der Waals surface area contributed by atoms with Gasteiger partial charge in [0.05, 0.1) is 0 Å². The molecule has 3 aromatic rings. The molecule has 0 aliphatic carbocycles.